The van der Waals surface area contributed by atoms with Gasteiger partial charge in [-0.05, 0) is 48.0 Å². The first-order valence-corrected chi connectivity index (χ1v) is 10.4. The number of hydrogen-bond acceptors (Lipinski definition) is 4. The molecule has 0 saturated carbocycles. The second-order valence-corrected chi connectivity index (χ2v) is 7.70. The molecule has 0 atom stereocenters. The highest BCUT2D eigenvalue weighted by molar-refractivity contribution is 8.00. The Balaban J connectivity index is 1.56. The number of amides is 1. The van der Waals surface area contributed by atoms with Gasteiger partial charge >= 0.3 is 0 Å². The topological polar surface area (TPSA) is 62.1 Å². The van der Waals surface area contributed by atoms with Crippen LogP contribution in [0.25, 0.3) is 0 Å². The fourth-order valence-electron chi connectivity index (χ4n) is 2.59. The molecule has 3 aromatic carbocycles. The van der Waals surface area contributed by atoms with E-state index in [2.05, 4.69) is 11.4 Å². The third kappa shape index (κ3) is 6.56. The number of nitrogens with one attached hydrogen (secondary N) is 1. The highest BCUT2D eigenvalue weighted by Gasteiger charge is 2.08. The average Bonchev–Trinajstić information content (AvgIpc) is 2.74. The summed E-state index contributed by atoms with van der Waals surface area (Å²) in [5.41, 5.74) is 2.57. The molecule has 4 nitrogen and oxygen atoms in total. The lowest BCUT2D eigenvalue weighted by molar-refractivity contribution is -0.113. The molecule has 0 aliphatic rings. The normalized spacial score (nSPS) is 10.2. The van der Waals surface area contributed by atoms with Crippen molar-refractivity contribution in [1.29, 1.82) is 5.26 Å². The highest BCUT2D eigenvalue weighted by Crippen LogP contribution is 2.22. The first-order valence-electron chi connectivity index (χ1n) is 8.99. The van der Waals surface area contributed by atoms with Gasteiger partial charge in [0.2, 0.25) is 5.91 Å². The molecule has 0 spiro atoms. The van der Waals surface area contributed by atoms with Crippen LogP contribution in [0.3, 0.4) is 0 Å². The maximum absolute atomic E-state index is 12.4. The quantitative estimate of drug-likeness (QED) is 0.472. The van der Waals surface area contributed by atoms with E-state index in [1.807, 2.05) is 60.7 Å². The van der Waals surface area contributed by atoms with Crippen LogP contribution < -0.4 is 10.1 Å². The lowest BCUT2D eigenvalue weighted by Gasteiger charge is -2.12. The monoisotopic (exact) mass is 422 g/mol. The molecule has 0 aliphatic heterocycles. The maximum atomic E-state index is 12.4. The van der Waals surface area contributed by atoms with Gasteiger partial charge < -0.3 is 10.1 Å². The van der Waals surface area contributed by atoms with Crippen LogP contribution in [0.1, 0.15) is 11.1 Å². The van der Waals surface area contributed by atoms with Gasteiger partial charge in [0.1, 0.15) is 12.4 Å². The second kappa shape index (κ2) is 10.6. The Labute approximate surface area is 179 Å². The molecule has 0 saturated heterocycles. The molecule has 6 heteroatoms. The predicted molar refractivity (Wildman–Crippen MR) is 117 cm³/mol. The molecule has 0 radical (unpaired) electrons. The average molecular weight is 423 g/mol. The van der Waals surface area contributed by atoms with E-state index in [-0.39, 0.29) is 5.91 Å². The molecule has 0 bridgehead atoms. The van der Waals surface area contributed by atoms with Crippen molar-refractivity contribution in [2.24, 2.45) is 0 Å². The van der Waals surface area contributed by atoms with Gasteiger partial charge in [-0.15, -0.1) is 11.8 Å². The standard InChI is InChI=1S/C23H19ClN2O2S/c24-19-7-11-21(12-8-19)29-16-23(27)26-22-4-2-1-3-18(22)15-28-20-9-5-17(6-10-20)13-14-25/h1-12H,13,15-16H2,(H,26,27). The number of carbonyl (C=O) groups excluding carboxylic acids is 1. The van der Waals surface area contributed by atoms with Crippen molar-refractivity contribution >= 4 is 35.0 Å². The Kier molecular flexibility index (Phi) is 7.57. The van der Waals surface area contributed by atoms with Crippen molar-refractivity contribution in [3.63, 3.8) is 0 Å². The molecule has 29 heavy (non-hydrogen) atoms. The number of anilines is 1. The molecular formula is C23H19ClN2O2S. The Morgan fingerprint density at radius 1 is 1.03 bits per heavy atom. The summed E-state index contributed by atoms with van der Waals surface area (Å²) in [5, 5.41) is 12.4. The van der Waals surface area contributed by atoms with Crippen molar-refractivity contribution in [3.8, 4) is 11.8 Å². The number of rotatable bonds is 8. The minimum Gasteiger partial charge on any atom is -0.489 e. The van der Waals surface area contributed by atoms with Gasteiger partial charge in [0.15, 0.2) is 0 Å². The fraction of sp³-hybridized carbons (Fsp3) is 0.130. The minimum absolute atomic E-state index is 0.0849. The lowest BCUT2D eigenvalue weighted by Crippen LogP contribution is -2.15. The first-order chi connectivity index (χ1) is 14.1. The van der Waals surface area contributed by atoms with Crippen molar-refractivity contribution in [3.05, 3.63) is 88.9 Å². The molecule has 1 amide bonds. The van der Waals surface area contributed by atoms with Crippen molar-refractivity contribution in [2.75, 3.05) is 11.1 Å². The number of thioether (sulfide) groups is 1. The summed E-state index contributed by atoms with van der Waals surface area (Å²) in [6, 6.07) is 24.5. The Hall–Kier alpha value is -2.94. The minimum atomic E-state index is -0.0849. The van der Waals surface area contributed by atoms with E-state index in [4.69, 9.17) is 21.6 Å². The van der Waals surface area contributed by atoms with Crippen LogP contribution in [0, 0.1) is 11.3 Å². The maximum Gasteiger partial charge on any atom is 0.234 e. The van der Waals surface area contributed by atoms with Crippen LogP contribution in [0.5, 0.6) is 5.75 Å². The van der Waals surface area contributed by atoms with Gasteiger partial charge in [-0.1, -0.05) is 41.9 Å². The summed E-state index contributed by atoms with van der Waals surface area (Å²) in [6.07, 6.45) is 0.378. The van der Waals surface area contributed by atoms with E-state index >= 15 is 0 Å². The molecule has 3 aromatic rings. The molecule has 0 unspecified atom stereocenters. The van der Waals surface area contributed by atoms with E-state index in [1.165, 1.54) is 11.8 Å². The fourth-order valence-corrected chi connectivity index (χ4v) is 3.41. The summed E-state index contributed by atoms with van der Waals surface area (Å²) >= 11 is 7.33. The summed E-state index contributed by atoms with van der Waals surface area (Å²) in [6.45, 7) is 0.332. The van der Waals surface area contributed by atoms with E-state index in [1.54, 1.807) is 12.1 Å². The molecule has 0 heterocycles. The number of benzene rings is 3. The van der Waals surface area contributed by atoms with Gasteiger partial charge in [-0.3, -0.25) is 4.79 Å². The number of para-hydroxylation sites is 1. The van der Waals surface area contributed by atoms with Crippen LogP contribution >= 0.6 is 23.4 Å². The first kappa shape index (κ1) is 20.8. The van der Waals surface area contributed by atoms with E-state index < -0.39 is 0 Å². The van der Waals surface area contributed by atoms with Crippen LogP contribution in [0.2, 0.25) is 5.02 Å². The predicted octanol–water partition coefficient (Wildman–Crippen LogP) is 5.72. The molecule has 0 aromatic heterocycles. The lowest BCUT2D eigenvalue weighted by atomic mass is 10.1. The molecule has 3 rings (SSSR count). The van der Waals surface area contributed by atoms with Gasteiger partial charge in [-0.2, -0.15) is 5.26 Å². The Morgan fingerprint density at radius 3 is 2.48 bits per heavy atom. The molecule has 0 fully saturated rings. The van der Waals surface area contributed by atoms with E-state index in [9.17, 15) is 4.79 Å². The van der Waals surface area contributed by atoms with Crippen molar-refractivity contribution in [1.82, 2.24) is 0 Å². The molecule has 146 valence electrons. The van der Waals surface area contributed by atoms with Crippen LogP contribution in [-0.4, -0.2) is 11.7 Å². The van der Waals surface area contributed by atoms with Gasteiger partial charge in [0, 0.05) is 21.2 Å². The number of hydrogen-bond donors (Lipinski definition) is 1. The zero-order chi connectivity index (χ0) is 20.5. The van der Waals surface area contributed by atoms with Crippen LogP contribution in [0.4, 0.5) is 5.69 Å². The third-order valence-corrected chi connectivity index (χ3v) is 5.34. The Bertz CT molecular complexity index is 999. The van der Waals surface area contributed by atoms with Gasteiger partial charge in [0.25, 0.3) is 0 Å². The summed E-state index contributed by atoms with van der Waals surface area (Å²) in [7, 11) is 0. The van der Waals surface area contributed by atoms with E-state index in [0.29, 0.717) is 29.6 Å². The summed E-state index contributed by atoms with van der Waals surface area (Å²) in [4.78, 5) is 13.3. The largest absolute Gasteiger partial charge is 0.489 e. The second-order valence-electron chi connectivity index (χ2n) is 6.22. The highest BCUT2D eigenvalue weighted by atomic mass is 35.5. The summed E-state index contributed by atoms with van der Waals surface area (Å²) < 4.78 is 5.84. The number of nitriles is 1. The SMILES string of the molecule is N#CCc1ccc(OCc2ccccc2NC(=O)CSc2ccc(Cl)cc2)cc1. The number of carbonyl (C=O) groups is 1. The molecule has 1 N–H and O–H groups in total. The summed E-state index contributed by atoms with van der Waals surface area (Å²) in [5.74, 6) is 0.932. The number of nitrogens with zero attached hydrogens (tertiary/aromatic N) is 1. The van der Waals surface area contributed by atoms with E-state index in [0.717, 1.165) is 21.7 Å². The smallest absolute Gasteiger partial charge is 0.234 e. The van der Waals surface area contributed by atoms with Gasteiger partial charge in [-0.25, -0.2) is 0 Å². The number of halogens is 1. The Morgan fingerprint density at radius 2 is 1.76 bits per heavy atom. The van der Waals surface area contributed by atoms with Crippen molar-refractivity contribution in [2.45, 2.75) is 17.9 Å². The third-order valence-electron chi connectivity index (χ3n) is 4.08. The van der Waals surface area contributed by atoms with Crippen molar-refractivity contribution < 1.29 is 9.53 Å². The van der Waals surface area contributed by atoms with Crippen LogP contribution in [0.15, 0.2) is 77.7 Å². The molecular weight excluding hydrogens is 404 g/mol. The zero-order valence-electron chi connectivity index (χ0n) is 15.6. The zero-order valence-corrected chi connectivity index (χ0v) is 17.2. The van der Waals surface area contributed by atoms with Gasteiger partial charge in [0.05, 0.1) is 18.2 Å². The molecule has 0 aliphatic carbocycles. The van der Waals surface area contributed by atoms with Crippen LogP contribution in [-0.2, 0) is 17.8 Å². The number of ether oxygens (including phenoxy) is 1.